The van der Waals surface area contributed by atoms with E-state index in [1.807, 2.05) is 13.0 Å². The van der Waals surface area contributed by atoms with Crippen LogP contribution in [0.25, 0.3) is 0 Å². The molecular formula is C13H19ClN2O3S. The van der Waals surface area contributed by atoms with E-state index in [-0.39, 0.29) is 18.5 Å². The average molecular weight is 319 g/mol. The van der Waals surface area contributed by atoms with Crippen molar-refractivity contribution in [1.29, 1.82) is 0 Å². The number of unbranched alkanes of at least 4 members (excludes halogenated alkanes) is 2. The van der Waals surface area contributed by atoms with Crippen LogP contribution < -0.4 is 10.6 Å². The smallest absolute Gasteiger partial charge is 0.315 e. The number of hydrogen-bond donors (Lipinski definition) is 3. The lowest BCUT2D eigenvalue weighted by Crippen LogP contribution is -2.37. The van der Waals surface area contributed by atoms with Gasteiger partial charge in [-0.25, -0.2) is 4.79 Å². The topological polar surface area (TPSA) is 78.4 Å². The maximum atomic E-state index is 11.6. The summed E-state index contributed by atoms with van der Waals surface area (Å²) in [6.45, 7) is 2.44. The Hall–Kier alpha value is -1.27. The third-order valence-electron chi connectivity index (χ3n) is 2.72. The van der Waals surface area contributed by atoms with Crippen LogP contribution in [0.4, 0.5) is 4.79 Å². The molecule has 0 aliphatic rings. The highest BCUT2D eigenvalue weighted by Gasteiger charge is 2.10. The molecule has 0 saturated carbocycles. The molecule has 0 aromatic carbocycles. The highest BCUT2D eigenvalue weighted by Crippen LogP contribution is 2.26. The van der Waals surface area contributed by atoms with E-state index in [1.54, 1.807) is 6.07 Å². The maximum absolute atomic E-state index is 11.6. The molecule has 1 unspecified atom stereocenters. The summed E-state index contributed by atoms with van der Waals surface area (Å²) in [4.78, 5) is 22.9. The van der Waals surface area contributed by atoms with Crippen molar-refractivity contribution in [3.8, 4) is 0 Å². The molecule has 1 heterocycles. The molecule has 0 saturated heterocycles. The van der Waals surface area contributed by atoms with Crippen LogP contribution in [0.2, 0.25) is 4.34 Å². The number of carboxylic acid groups (broad SMARTS) is 1. The number of aliphatic carboxylic acids is 1. The number of halogens is 1. The second kappa shape index (κ2) is 8.81. The summed E-state index contributed by atoms with van der Waals surface area (Å²) in [5, 5.41) is 14.1. The van der Waals surface area contributed by atoms with Crippen molar-refractivity contribution in [2.45, 2.75) is 38.6 Å². The van der Waals surface area contributed by atoms with Crippen molar-refractivity contribution in [1.82, 2.24) is 10.6 Å². The Bertz CT molecular complexity index is 451. The van der Waals surface area contributed by atoms with Gasteiger partial charge in [-0.2, -0.15) is 0 Å². The quantitative estimate of drug-likeness (QED) is 0.643. The summed E-state index contributed by atoms with van der Waals surface area (Å²) in [6, 6.07) is 3.39. The molecule has 1 rings (SSSR count). The number of hydrogen-bond acceptors (Lipinski definition) is 3. The SMILES string of the molecule is CC(NC(=O)NCCCCCC(=O)O)c1ccc(Cl)s1. The molecule has 0 aliphatic heterocycles. The lowest BCUT2D eigenvalue weighted by molar-refractivity contribution is -0.137. The van der Waals surface area contributed by atoms with E-state index in [9.17, 15) is 9.59 Å². The second-order valence-electron chi connectivity index (χ2n) is 4.47. The van der Waals surface area contributed by atoms with E-state index >= 15 is 0 Å². The summed E-state index contributed by atoms with van der Waals surface area (Å²) >= 11 is 7.29. The van der Waals surface area contributed by atoms with Gasteiger partial charge in [-0.1, -0.05) is 18.0 Å². The minimum Gasteiger partial charge on any atom is -0.481 e. The van der Waals surface area contributed by atoms with Crippen LogP contribution in [0.15, 0.2) is 12.1 Å². The number of amides is 2. The van der Waals surface area contributed by atoms with Gasteiger partial charge in [-0.3, -0.25) is 4.79 Å². The van der Waals surface area contributed by atoms with Gasteiger partial charge in [-0.15, -0.1) is 11.3 Å². The number of carbonyl (C=O) groups is 2. The highest BCUT2D eigenvalue weighted by molar-refractivity contribution is 7.16. The van der Waals surface area contributed by atoms with E-state index in [1.165, 1.54) is 11.3 Å². The van der Waals surface area contributed by atoms with Gasteiger partial charge in [0.05, 0.1) is 10.4 Å². The average Bonchev–Trinajstić information content (AvgIpc) is 2.80. The first-order valence-corrected chi connectivity index (χ1v) is 7.70. The molecule has 20 heavy (non-hydrogen) atoms. The lowest BCUT2D eigenvalue weighted by atomic mass is 10.2. The molecule has 0 fully saturated rings. The summed E-state index contributed by atoms with van der Waals surface area (Å²) < 4.78 is 0.701. The zero-order chi connectivity index (χ0) is 15.0. The van der Waals surface area contributed by atoms with Gasteiger partial charge in [0.15, 0.2) is 0 Å². The second-order valence-corrected chi connectivity index (χ2v) is 6.21. The fourth-order valence-electron chi connectivity index (χ4n) is 1.66. The minimum absolute atomic E-state index is 0.0838. The number of carboxylic acids is 1. The fraction of sp³-hybridized carbons (Fsp3) is 0.538. The predicted molar refractivity (Wildman–Crippen MR) is 80.4 cm³/mol. The largest absolute Gasteiger partial charge is 0.481 e. The predicted octanol–water partition coefficient (Wildman–Crippen LogP) is 3.41. The molecule has 7 heteroatoms. The molecule has 1 aromatic rings. The van der Waals surface area contributed by atoms with Crippen molar-refractivity contribution in [3.05, 3.63) is 21.3 Å². The number of carbonyl (C=O) groups excluding carboxylic acids is 1. The van der Waals surface area contributed by atoms with Crippen LogP contribution in [0.1, 0.15) is 43.5 Å². The van der Waals surface area contributed by atoms with E-state index in [0.717, 1.165) is 17.7 Å². The Kier molecular flexibility index (Phi) is 7.40. The lowest BCUT2D eigenvalue weighted by Gasteiger charge is -2.13. The van der Waals surface area contributed by atoms with Gasteiger partial charge in [0.2, 0.25) is 0 Å². The van der Waals surface area contributed by atoms with Gasteiger partial charge in [0, 0.05) is 17.8 Å². The maximum Gasteiger partial charge on any atom is 0.315 e. The fourth-order valence-corrected chi connectivity index (χ4v) is 2.72. The van der Waals surface area contributed by atoms with Crippen molar-refractivity contribution >= 4 is 34.9 Å². The minimum atomic E-state index is -0.779. The van der Waals surface area contributed by atoms with E-state index in [2.05, 4.69) is 10.6 Å². The number of rotatable bonds is 8. The molecule has 0 spiro atoms. The Balaban J connectivity index is 2.12. The first-order chi connectivity index (χ1) is 9.49. The third-order valence-corrected chi connectivity index (χ3v) is 4.14. The van der Waals surface area contributed by atoms with Gasteiger partial charge in [0.25, 0.3) is 0 Å². The first kappa shape index (κ1) is 16.8. The number of nitrogens with one attached hydrogen (secondary N) is 2. The van der Waals surface area contributed by atoms with Gasteiger partial charge in [-0.05, 0) is 31.9 Å². The van der Waals surface area contributed by atoms with Crippen LogP contribution in [0.3, 0.4) is 0 Å². The summed E-state index contributed by atoms with van der Waals surface area (Å²) in [5.41, 5.74) is 0. The van der Waals surface area contributed by atoms with Crippen molar-refractivity contribution in [3.63, 3.8) is 0 Å². The van der Waals surface area contributed by atoms with Crippen LogP contribution >= 0.6 is 22.9 Å². The molecule has 0 aliphatic carbocycles. The Labute approximate surface area is 127 Å². The van der Waals surface area contributed by atoms with Crippen molar-refractivity contribution in [2.24, 2.45) is 0 Å². The van der Waals surface area contributed by atoms with Crippen LogP contribution in [0, 0.1) is 0 Å². The van der Waals surface area contributed by atoms with Crippen LogP contribution in [0.5, 0.6) is 0 Å². The summed E-state index contributed by atoms with van der Waals surface area (Å²) in [7, 11) is 0. The molecule has 3 N–H and O–H groups in total. The van der Waals surface area contributed by atoms with Crippen molar-refractivity contribution in [2.75, 3.05) is 6.54 Å². The van der Waals surface area contributed by atoms with Crippen molar-refractivity contribution < 1.29 is 14.7 Å². The standard InChI is InChI=1S/C13H19ClN2O3S/c1-9(10-6-7-11(14)20-10)16-13(19)15-8-4-2-3-5-12(17)18/h6-7,9H,2-5,8H2,1H3,(H,17,18)(H2,15,16,19). The normalized spacial score (nSPS) is 11.9. The van der Waals surface area contributed by atoms with Crippen LogP contribution in [-0.4, -0.2) is 23.7 Å². The van der Waals surface area contributed by atoms with E-state index in [4.69, 9.17) is 16.7 Å². The van der Waals surface area contributed by atoms with E-state index in [0.29, 0.717) is 17.3 Å². The molecule has 2 amide bonds. The summed E-state index contributed by atoms with van der Waals surface area (Å²) in [6.07, 6.45) is 2.40. The molecular weight excluding hydrogens is 300 g/mol. The molecule has 0 bridgehead atoms. The molecule has 1 aromatic heterocycles. The monoisotopic (exact) mass is 318 g/mol. The Morgan fingerprint density at radius 1 is 1.35 bits per heavy atom. The zero-order valence-corrected chi connectivity index (χ0v) is 12.9. The van der Waals surface area contributed by atoms with Gasteiger partial charge < -0.3 is 15.7 Å². The number of urea groups is 1. The van der Waals surface area contributed by atoms with Crippen LogP contribution in [-0.2, 0) is 4.79 Å². The van der Waals surface area contributed by atoms with Gasteiger partial charge in [0.1, 0.15) is 0 Å². The third kappa shape index (κ3) is 6.77. The Morgan fingerprint density at radius 2 is 2.10 bits per heavy atom. The zero-order valence-electron chi connectivity index (χ0n) is 11.3. The Morgan fingerprint density at radius 3 is 2.70 bits per heavy atom. The summed E-state index contributed by atoms with van der Waals surface area (Å²) in [5.74, 6) is -0.779. The van der Waals surface area contributed by atoms with E-state index < -0.39 is 5.97 Å². The first-order valence-electron chi connectivity index (χ1n) is 6.50. The molecule has 5 nitrogen and oxygen atoms in total. The molecule has 112 valence electrons. The molecule has 0 radical (unpaired) electrons. The molecule has 1 atom stereocenters. The van der Waals surface area contributed by atoms with Gasteiger partial charge >= 0.3 is 12.0 Å². The highest BCUT2D eigenvalue weighted by atomic mass is 35.5. The number of thiophene rings is 1.